The van der Waals surface area contributed by atoms with E-state index < -0.39 is 6.10 Å². The van der Waals surface area contributed by atoms with Crippen molar-refractivity contribution in [3.05, 3.63) is 30.3 Å². The number of hydrogen-bond donors (Lipinski definition) is 1. The van der Waals surface area contributed by atoms with Crippen LogP contribution in [-0.4, -0.2) is 46.3 Å². The van der Waals surface area contributed by atoms with Gasteiger partial charge >= 0.3 is 0 Å². The lowest BCUT2D eigenvalue weighted by Crippen LogP contribution is -2.12. The van der Waals surface area contributed by atoms with Crippen molar-refractivity contribution < 1.29 is 19.3 Å². The number of ether oxygens (including phenoxy) is 3. The van der Waals surface area contributed by atoms with E-state index >= 15 is 0 Å². The second kappa shape index (κ2) is 22.1. The molecule has 0 aliphatic rings. The Balaban J connectivity index is -0.000000269. The van der Waals surface area contributed by atoms with Crippen LogP contribution in [0.3, 0.4) is 0 Å². The van der Waals surface area contributed by atoms with Gasteiger partial charge in [0.15, 0.2) is 0 Å². The van der Waals surface area contributed by atoms with Crippen LogP contribution in [0.15, 0.2) is 30.3 Å². The summed E-state index contributed by atoms with van der Waals surface area (Å²) in [5, 5.41) is 8.89. The van der Waals surface area contributed by atoms with E-state index in [1.165, 1.54) is 0 Å². The summed E-state index contributed by atoms with van der Waals surface area (Å²) in [6, 6.07) is 9.45. The molecule has 0 fully saturated rings. The molecular weight excluding hydrogens is 244 g/mol. The van der Waals surface area contributed by atoms with Gasteiger partial charge in [-0.1, -0.05) is 32.0 Å². The number of aliphatic hydroxyl groups is 1. The first-order chi connectivity index (χ1) is 9.12. The minimum absolute atomic E-state index is 0.351. The Hall–Kier alpha value is -1.10. The van der Waals surface area contributed by atoms with Gasteiger partial charge in [-0.2, -0.15) is 0 Å². The highest BCUT2D eigenvalue weighted by Crippen LogP contribution is 2.07. The van der Waals surface area contributed by atoms with Gasteiger partial charge in [0.2, 0.25) is 0 Å². The van der Waals surface area contributed by atoms with Gasteiger partial charge in [0.25, 0.3) is 0 Å². The zero-order valence-electron chi connectivity index (χ0n) is 13.3. The number of para-hydroxylation sites is 1. The average Bonchev–Trinajstić information content (AvgIpc) is 2.42. The average molecular weight is 274 g/mol. The molecule has 1 aromatic rings. The Kier molecular flexibility index (Phi) is 26.8. The van der Waals surface area contributed by atoms with Crippen molar-refractivity contribution in [3.8, 4) is 5.75 Å². The predicted molar refractivity (Wildman–Crippen MR) is 80.8 cm³/mol. The molecule has 0 saturated heterocycles. The SMILES string of the molecule is CC.CC(O)COc1ccccc1.COC.COC. The molecule has 114 valence electrons. The summed E-state index contributed by atoms with van der Waals surface area (Å²) in [6.45, 7) is 6.05. The summed E-state index contributed by atoms with van der Waals surface area (Å²) < 4.78 is 13.7. The predicted octanol–water partition coefficient (Wildman–Crippen LogP) is 3.00. The number of hydrogen-bond acceptors (Lipinski definition) is 4. The van der Waals surface area contributed by atoms with E-state index in [4.69, 9.17) is 9.84 Å². The first-order valence-electron chi connectivity index (χ1n) is 6.28. The molecule has 0 spiro atoms. The maximum absolute atomic E-state index is 8.89. The molecule has 0 radical (unpaired) electrons. The second-order valence-electron chi connectivity index (χ2n) is 3.29. The van der Waals surface area contributed by atoms with Crippen LogP contribution in [-0.2, 0) is 9.47 Å². The van der Waals surface area contributed by atoms with Crippen LogP contribution in [0, 0.1) is 0 Å². The number of rotatable bonds is 3. The Bertz CT molecular complexity index is 223. The summed E-state index contributed by atoms with van der Waals surface area (Å²) in [7, 11) is 6.50. The van der Waals surface area contributed by atoms with Gasteiger partial charge in [0.1, 0.15) is 12.4 Å². The maximum atomic E-state index is 8.89. The molecule has 19 heavy (non-hydrogen) atoms. The van der Waals surface area contributed by atoms with Gasteiger partial charge in [-0.3, -0.25) is 0 Å². The lowest BCUT2D eigenvalue weighted by atomic mass is 10.3. The molecule has 4 heteroatoms. The number of aliphatic hydroxyl groups excluding tert-OH is 1. The quantitative estimate of drug-likeness (QED) is 0.920. The smallest absolute Gasteiger partial charge is 0.119 e. The highest BCUT2D eigenvalue weighted by Gasteiger charge is 1.95. The molecule has 0 aliphatic carbocycles. The van der Waals surface area contributed by atoms with Crippen molar-refractivity contribution >= 4 is 0 Å². The van der Waals surface area contributed by atoms with Crippen molar-refractivity contribution in [1.82, 2.24) is 0 Å². The fourth-order valence-electron chi connectivity index (χ4n) is 0.734. The van der Waals surface area contributed by atoms with Gasteiger partial charge in [-0.05, 0) is 19.1 Å². The molecule has 0 heterocycles. The third kappa shape index (κ3) is 26.5. The van der Waals surface area contributed by atoms with Crippen molar-refractivity contribution in [2.24, 2.45) is 0 Å². The first-order valence-corrected chi connectivity index (χ1v) is 6.28. The number of benzene rings is 1. The lowest BCUT2D eigenvalue weighted by Gasteiger charge is -2.06. The van der Waals surface area contributed by atoms with Gasteiger partial charge in [-0.15, -0.1) is 0 Å². The van der Waals surface area contributed by atoms with Crippen molar-refractivity contribution in [2.45, 2.75) is 26.9 Å². The van der Waals surface area contributed by atoms with E-state index in [2.05, 4.69) is 9.47 Å². The normalized spacial score (nSPS) is 9.47. The Morgan fingerprint density at radius 1 is 0.947 bits per heavy atom. The van der Waals surface area contributed by atoms with Crippen molar-refractivity contribution in [2.75, 3.05) is 35.0 Å². The third-order valence-electron chi connectivity index (χ3n) is 1.23. The van der Waals surface area contributed by atoms with Gasteiger partial charge in [0, 0.05) is 28.4 Å². The highest BCUT2D eigenvalue weighted by atomic mass is 16.5. The second-order valence-corrected chi connectivity index (χ2v) is 3.29. The summed E-state index contributed by atoms with van der Waals surface area (Å²) in [4.78, 5) is 0. The van der Waals surface area contributed by atoms with Crippen LogP contribution >= 0.6 is 0 Å². The first kappa shape index (κ1) is 23.0. The molecular formula is C15H30O4. The molecule has 1 aromatic carbocycles. The van der Waals surface area contributed by atoms with Crippen LogP contribution in [0.1, 0.15) is 20.8 Å². The molecule has 0 aliphatic heterocycles. The Morgan fingerprint density at radius 2 is 1.32 bits per heavy atom. The summed E-state index contributed by atoms with van der Waals surface area (Å²) >= 11 is 0. The zero-order chi connectivity index (χ0) is 15.5. The molecule has 1 rings (SSSR count). The van der Waals surface area contributed by atoms with E-state index in [0.29, 0.717) is 6.61 Å². The van der Waals surface area contributed by atoms with E-state index in [1.54, 1.807) is 35.4 Å². The standard InChI is InChI=1S/C9H12O2.2C2H6O.C2H6/c1-8(10)7-11-9-5-3-2-4-6-9;2*1-3-2;1-2/h2-6,8,10H,7H2,1H3;2*1-2H3;1-2H3. The van der Waals surface area contributed by atoms with Gasteiger partial charge in [-0.25, -0.2) is 0 Å². The van der Waals surface area contributed by atoms with E-state index in [9.17, 15) is 0 Å². The molecule has 0 amide bonds. The topological polar surface area (TPSA) is 47.9 Å². The summed E-state index contributed by atoms with van der Waals surface area (Å²) in [6.07, 6.45) is -0.407. The third-order valence-corrected chi connectivity index (χ3v) is 1.23. The fraction of sp³-hybridized carbons (Fsp3) is 0.600. The lowest BCUT2D eigenvalue weighted by molar-refractivity contribution is 0.123. The van der Waals surface area contributed by atoms with Crippen LogP contribution in [0.5, 0.6) is 5.75 Å². The van der Waals surface area contributed by atoms with E-state index in [-0.39, 0.29) is 0 Å². The molecule has 1 unspecified atom stereocenters. The van der Waals surface area contributed by atoms with Crippen molar-refractivity contribution in [1.29, 1.82) is 0 Å². The van der Waals surface area contributed by atoms with Gasteiger partial charge < -0.3 is 19.3 Å². The molecule has 0 bridgehead atoms. The maximum Gasteiger partial charge on any atom is 0.119 e. The van der Waals surface area contributed by atoms with Crippen LogP contribution in [0.2, 0.25) is 0 Å². The Labute approximate surface area is 118 Å². The minimum atomic E-state index is -0.407. The summed E-state index contributed by atoms with van der Waals surface area (Å²) in [5.74, 6) is 0.799. The molecule has 4 nitrogen and oxygen atoms in total. The highest BCUT2D eigenvalue weighted by molar-refractivity contribution is 5.20. The van der Waals surface area contributed by atoms with Crippen LogP contribution < -0.4 is 4.74 Å². The molecule has 1 atom stereocenters. The minimum Gasteiger partial charge on any atom is -0.491 e. The number of methoxy groups -OCH3 is 2. The van der Waals surface area contributed by atoms with Crippen molar-refractivity contribution in [3.63, 3.8) is 0 Å². The molecule has 0 aromatic heterocycles. The van der Waals surface area contributed by atoms with E-state index in [1.807, 2.05) is 44.2 Å². The van der Waals surface area contributed by atoms with Gasteiger partial charge in [0.05, 0.1) is 6.10 Å². The van der Waals surface area contributed by atoms with Crippen LogP contribution in [0.4, 0.5) is 0 Å². The van der Waals surface area contributed by atoms with E-state index in [0.717, 1.165) is 5.75 Å². The van der Waals surface area contributed by atoms with Crippen LogP contribution in [0.25, 0.3) is 0 Å². The Morgan fingerprint density at radius 3 is 1.63 bits per heavy atom. The monoisotopic (exact) mass is 274 g/mol. The largest absolute Gasteiger partial charge is 0.491 e. The fourth-order valence-corrected chi connectivity index (χ4v) is 0.734. The molecule has 0 saturated carbocycles. The molecule has 1 N–H and O–H groups in total. The zero-order valence-corrected chi connectivity index (χ0v) is 13.3. The summed E-state index contributed by atoms with van der Waals surface area (Å²) in [5.41, 5.74) is 0.